The highest BCUT2D eigenvalue weighted by molar-refractivity contribution is 6.99. The zero-order valence-corrected chi connectivity index (χ0v) is 33.1. The third-order valence-electron chi connectivity index (χ3n) is 11.6. The van der Waals surface area contributed by atoms with Crippen LogP contribution in [0.1, 0.15) is 52.5 Å². The molecule has 12 heteroatoms. The highest BCUT2D eigenvalue weighted by Crippen LogP contribution is 2.52. The molecule has 0 spiro atoms. The summed E-state index contributed by atoms with van der Waals surface area (Å²) in [6.45, 7) is 8.82. The second-order valence-electron chi connectivity index (χ2n) is 16.2. The van der Waals surface area contributed by atoms with Crippen molar-refractivity contribution in [2.45, 2.75) is 64.4 Å². The summed E-state index contributed by atoms with van der Waals surface area (Å²) in [6.07, 6.45) is 2.91. The van der Waals surface area contributed by atoms with Crippen LogP contribution in [0.3, 0.4) is 0 Å². The molecule has 0 unspecified atom stereocenters. The summed E-state index contributed by atoms with van der Waals surface area (Å²) >= 11 is 0. The Balaban J connectivity index is 1.31. The number of carbonyl (C=O) groups excluding carboxylic acids is 2. The molecular formula is C44H47BN2O8Si. The maximum atomic E-state index is 14.5. The molecule has 4 atom stereocenters. The average Bonchev–Trinajstić information content (AvgIpc) is 3.42. The first-order chi connectivity index (χ1) is 26.8. The molecule has 0 radical (unpaired) electrons. The Kier molecular flexibility index (Phi) is 11.0. The number of nitro benzene ring substituents is 1. The summed E-state index contributed by atoms with van der Waals surface area (Å²) in [4.78, 5) is 41.1. The minimum atomic E-state index is -3.04. The molecule has 0 saturated carbocycles. The Bertz CT molecular complexity index is 2150. The molecule has 0 bridgehead atoms. The van der Waals surface area contributed by atoms with Crippen molar-refractivity contribution in [3.8, 4) is 5.75 Å². The zero-order valence-electron chi connectivity index (χ0n) is 32.1. The number of carbonyl (C=O) groups is 2. The van der Waals surface area contributed by atoms with Gasteiger partial charge in [0.1, 0.15) is 5.75 Å². The van der Waals surface area contributed by atoms with Crippen molar-refractivity contribution in [1.82, 2.24) is 0 Å². The van der Waals surface area contributed by atoms with Crippen LogP contribution >= 0.6 is 0 Å². The minimum Gasteiger partial charge on any atom is -0.508 e. The van der Waals surface area contributed by atoms with Gasteiger partial charge in [0, 0.05) is 12.1 Å². The van der Waals surface area contributed by atoms with Gasteiger partial charge in [0.15, 0.2) is 0 Å². The molecular weight excluding hydrogens is 723 g/mol. The summed E-state index contributed by atoms with van der Waals surface area (Å²) < 4.78 is 13.8. The number of anilines is 1. The van der Waals surface area contributed by atoms with Gasteiger partial charge in [-0.15, -0.1) is 0 Å². The van der Waals surface area contributed by atoms with Gasteiger partial charge in [-0.2, -0.15) is 0 Å². The Hall–Kier alpha value is -5.14. The molecule has 288 valence electrons. The lowest BCUT2D eigenvalue weighted by Gasteiger charge is -2.46. The van der Waals surface area contributed by atoms with Gasteiger partial charge in [0.25, 0.3) is 14.0 Å². The maximum absolute atomic E-state index is 14.5. The second-order valence-corrected chi connectivity index (χ2v) is 20.5. The summed E-state index contributed by atoms with van der Waals surface area (Å²) in [7, 11) is -4.21. The first-order valence-electron chi connectivity index (χ1n) is 19.2. The maximum Gasteiger partial charge on any atom is 0.455 e. The molecule has 10 nitrogen and oxygen atoms in total. The van der Waals surface area contributed by atoms with Crippen molar-refractivity contribution in [3.63, 3.8) is 0 Å². The quantitative estimate of drug-likeness (QED) is 0.0544. The third-order valence-corrected chi connectivity index (χ3v) is 16.6. The number of amides is 2. The highest BCUT2D eigenvalue weighted by atomic mass is 28.4. The molecule has 4 aromatic carbocycles. The largest absolute Gasteiger partial charge is 0.508 e. The van der Waals surface area contributed by atoms with Gasteiger partial charge in [0.2, 0.25) is 11.8 Å². The van der Waals surface area contributed by atoms with Crippen molar-refractivity contribution in [2.75, 3.05) is 11.5 Å². The van der Waals surface area contributed by atoms with E-state index in [1.54, 1.807) is 24.3 Å². The van der Waals surface area contributed by atoms with Crippen LogP contribution in [0, 0.1) is 27.9 Å². The molecule has 3 aliphatic rings. The van der Waals surface area contributed by atoms with Gasteiger partial charge in [-0.1, -0.05) is 111 Å². The van der Waals surface area contributed by atoms with Gasteiger partial charge in [-0.3, -0.25) is 19.7 Å². The number of phenolic OH excluding ortho intramolecular Hbond substituents is 1. The van der Waals surface area contributed by atoms with Crippen LogP contribution in [0.2, 0.25) is 11.4 Å². The van der Waals surface area contributed by atoms with Gasteiger partial charge in [-0.25, -0.2) is 4.90 Å². The third kappa shape index (κ3) is 7.42. The van der Waals surface area contributed by atoms with E-state index in [0.29, 0.717) is 12.8 Å². The van der Waals surface area contributed by atoms with Crippen LogP contribution in [0.5, 0.6) is 5.75 Å². The van der Waals surface area contributed by atoms with Crippen LogP contribution in [-0.4, -0.2) is 55.0 Å². The first kappa shape index (κ1) is 39.1. The predicted octanol–water partition coefficient (Wildman–Crippen LogP) is 7.06. The summed E-state index contributed by atoms with van der Waals surface area (Å²) in [5.41, 5.74) is 3.62. The number of hydrogen-bond donors (Lipinski definition) is 2. The molecule has 2 saturated heterocycles. The number of rotatable bonds is 11. The molecule has 4 aromatic rings. The summed E-state index contributed by atoms with van der Waals surface area (Å²) in [6, 6.07) is 33.3. The highest BCUT2D eigenvalue weighted by Gasteiger charge is 2.58. The van der Waals surface area contributed by atoms with Gasteiger partial charge >= 0.3 is 7.12 Å². The molecule has 2 aliphatic heterocycles. The van der Waals surface area contributed by atoms with E-state index in [1.165, 1.54) is 18.2 Å². The number of nitrogens with zero attached hydrogens (tertiary/aromatic N) is 2. The number of imide groups is 1. The Morgan fingerprint density at radius 2 is 1.61 bits per heavy atom. The monoisotopic (exact) mass is 770 g/mol. The van der Waals surface area contributed by atoms with Crippen LogP contribution in [0.25, 0.3) is 6.08 Å². The number of benzene rings is 4. The van der Waals surface area contributed by atoms with E-state index >= 15 is 0 Å². The fourth-order valence-electron chi connectivity index (χ4n) is 9.18. The Morgan fingerprint density at radius 3 is 2.23 bits per heavy atom. The van der Waals surface area contributed by atoms with E-state index in [-0.39, 0.29) is 41.5 Å². The predicted molar refractivity (Wildman–Crippen MR) is 220 cm³/mol. The number of phenols is 1. The fourth-order valence-corrected chi connectivity index (χ4v) is 13.7. The number of fused-ring (bicyclic) bond motifs is 3. The topological polar surface area (TPSA) is 139 Å². The molecule has 2 fully saturated rings. The number of non-ortho nitro benzene ring substituents is 1. The standard InChI is InChI=1S/C44H47BN2O8Si/c1-29(23-30-13-11-16-34(48)24-30)21-22-39-40-31(28-54-56(44(2,3)4,35-17-7-5-8-18-35)36-19-9-6-10-20-36)25-37-41(38(40)27-45(51)55-39)43(50)46(42(37)49)32-14-12-15-33(26-32)47(52)53/h5-20,23-24,26,37-39,41,48,51H,21-22,25,27-28H2,1-4H3/b29-23+/t37-,38+,39-,41-/m1/s1. The molecule has 1 aliphatic carbocycles. The van der Waals surface area contributed by atoms with E-state index in [0.717, 1.165) is 37.6 Å². The molecule has 7 rings (SSSR count). The van der Waals surface area contributed by atoms with Crippen LogP contribution < -0.4 is 15.3 Å². The number of nitro groups is 1. The second kappa shape index (κ2) is 15.8. The van der Waals surface area contributed by atoms with E-state index in [4.69, 9.17) is 9.08 Å². The molecule has 2 amide bonds. The van der Waals surface area contributed by atoms with Crippen LogP contribution in [-0.2, 0) is 18.7 Å². The molecule has 2 heterocycles. The SMILES string of the molecule is C/C(=C\c1cccc(O)c1)CC[C@H]1OB(O)C[C@H]2C1=C(CO[Si](c1ccccc1)(c1ccccc1)C(C)(C)C)C[C@H]1C(=O)N(c3cccc([N+](=O)[O-])c3)C(=O)[C@H]12. The number of aromatic hydroxyl groups is 1. The summed E-state index contributed by atoms with van der Waals surface area (Å²) in [5.74, 6) is -2.70. The lowest BCUT2D eigenvalue weighted by molar-refractivity contribution is -0.384. The fraction of sp³-hybridized carbons (Fsp3) is 0.318. The number of hydrogen-bond acceptors (Lipinski definition) is 8. The van der Waals surface area contributed by atoms with Gasteiger partial charge < -0.3 is 19.2 Å². The molecule has 0 aromatic heterocycles. The zero-order chi connectivity index (χ0) is 39.8. The van der Waals surface area contributed by atoms with Crippen molar-refractivity contribution in [1.29, 1.82) is 0 Å². The van der Waals surface area contributed by atoms with E-state index in [9.17, 15) is 29.8 Å². The van der Waals surface area contributed by atoms with E-state index < -0.39 is 56.0 Å². The van der Waals surface area contributed by atoms with Crippen molar-refractivity contribution in [2.24, 2.45) is 17.8 Å². The van der Waals surface area contributed by atoms with Crippen molar-refractivity contribution in [3.05, 3.63) is 142 Å². The normalized spacial score (nSPS) is 21.6. The Labute approximate surface area is 328 Å². The van der Waals surface area contributed by atoms with Crippen LogP contribution in [0.4, 0.5) is 11.4 Å². The van der Waals surface area contributed by atoms with Crippen molar-refractivity contribution >= 4 is 55.1 Å². The average molecular weight is 771 g/mol. The number of allylic oxidation sites excluding steroid dienone is 1. The van der Waals surface area contributed by atoms with Gasteiger partial charge in [-0.05, 0) is 88.7 Å². The lowest BCUT2D eigenvalue weighted by atomic mass is 9.58. The molecule has 2 N–H and O–H groups in total. The van der Waals surface area contributed by atoms with Gasteiger partial charge in [0.05, 0.1) is 35.2 Å². The minimum absolute atomic E-state index is 0.121. The Morgan fingerprint density at radius 1 is 0.946 bits per heavy atom. The van der Waals surface area contributed by atoms with E-state index in [2.05, 4.69) is 45.0 Å². The lowest BCUT2D eigenvalue weighted by Crippen LogP contribution is -2.66. The van der Waals surface area contributed by atoms with Crippen molar-refractivity contribution < 1.29 is 33.7 Å². The summed E-state index contributed by atoms with van der Waals surface area (Å²) in [5, 5.41) is 34.9. The van der Waals surface area contributed by atoms with E-state index in [1.807, 2.05) is 55.5 Å². The first-order valence-corrected chi connectivity index (χ1v) is 21.1. The van der Waals surface area contributed by atoms with Crippen LogP contribution in [0.15, 0.2) is 126 Å². The molecule has 56 heavy (non-hydrogen) atoms. The smallest absolute Gasteiger partial charge is 0.455 e.